The summed E-state index contributed by atoms with van der Waals surface area (Å²) in [6, 6.07) is 5.97. The highest BCUT2D eigenvalue weighted by atomic mass is 79.9. The van der Waals surface area contributed by atoms with Crippen LogP contribution >= 0.6 is 15.9 Å². The molecule has 0 aliphatic carbocycles. The van der Waals surface area contributed by atoms with Crippen LogP contribution in [0.15, 0.2) is 22.7 Å². The smallest absolute Gasteiger partial charge is 0.182 e. The maximum atomic E-state index is 5.89. The molecule has 6 heteroatoms. The second kappa shape index (κ2) is 5.06. The molecule has 0 radical (unpaired) electrons. The van der Waals surface area contributed by atoms with Crippen molar-refractivity contribution in [2.45, 2.75) is 26.8 Å². The van der Waals surface area contributed by atoms with Crippen molar-refractivity contribution in [2.75, 3.05) is 5.73 Å². The summed E-state index contributed by atoms with van der Waals surface area (Å²) in [5, 5.41) is 11.9. The van der Waals surface area contributed by atoms with Crippen LogP contribution in [0.3, 0.4) is 0 Å². The Hall–Kier alpha value is -1.43. The van der Waals surface area contributed by atoms with Gasteiger partial charge in [-0.05, 0) is 57.4 Å². The molecule has 2 N–H and O–H groups in total. The number of nitrogen functional groups attached to an aromatic ring is 1. The van der Waals surface area contributed by atoms with E-state index in [1.54, 1.807) is 0 Å². The Labute approximate surface area is 115 Å². The van der Waals surface area contributed by atoms with E-state index in [0.717, 1.165) is 15.9 Å². The summed E-state index contributed by atoms with van der Waals surface area (Å²) < 4.78 is 2.72. The maximum absolute atomic E-state index is 5.89. The van der Waals surface area contributed by atoms with Crippen LogP contribution in [0.2, 0.25) is 0 Å². The molecule has 0 amide bonds. The highest BCUT2D eigenvalue weighted by Crippen LogP contribution is 2.28. The van der Waals surface area contributed by atoms with Crippen molar-refractivity contribution in [1.82, 2.24) is 20.2 Å². The number of hydrogen-bond donors (Lipinski definition) is 1. The zero-order chi connectivity index (χ0) is 13.3. The Bertz CT molecular complexity index is 549. The van der Waals surface area contributed by atoms with E-state index in [2.05, 4.69) is 52.2 Å². The summed E-state index contributed by atoms with van der Waals surface area (Å²) in [5.41, 5.74) is 7.49. The van der Waals surface area contributed by atoms with Crippen LogP contribution in [-0.4, -0.2) is 20.2 Å². The van der Waals surface area contributed by atoms with Gasteiger partial charge < -0.3 is 5.73 Å². The second-order valence-electron chi connectivity index (χ2n) is 4.67. The number of benzene rings is 1. The van der Waals surface area contributed by atoms with Crippen molar-refractivity contribution in [2.24, 2.45) is 5.92 Å². The van der Waals surface area contributed by atoms with Gasteiger partial charge in [0, 0.05) is 15.7 Å². The van der Waals surface area contributed by atoms with Crippen molar-refractivity contribution < 1.29 is 0 Å². The lowest BCUT2D eigenvalue weighted by molar-refractivity contribution is 0.371. The van der Waals surface area contributed by atoms with Crippen LogP contribution < -0.4 is 5.73 Å². The standard InChI is InChI=1S/C12H16BrN5/c1-7(2)8(3)18-12(15-16-17-18)9-4-5-10(13)11(14)6-9/h4-8H,14H2,1-3H3. The third kappa shape index (κ3) is 2.38. The molecule has 2 rings (SSSR count). The molecular formula is C12H16BrN5. The first-order valence-electron chi connectivity index (χ1n) is 5.84. The van der Waals surface area contributed by atoms with Crippen molar-refractivity contribution in [1.29, 1.82) is 0 Å². The molecule has 0 saturated carbocycles. The fourth-order valence-electron chi connectivity index (χ4n) is 1.62. The van der Waals surface area contributed by atoms with Gasteiger partial charge in [0.2, 0.25) is 0 Å². The summed E-state index contributed by atoms with van der Waals surface area (Å²) in [6.07, 6.45) is 0. The van der Waals surface area contributed by atoms with Gasteiger partial charge in [-0.15, -0.1) is 5.10 Å². The predicted octanol–water partition coefficient (Wildman–Crippen LogP) is 2.90. The zero-order valence-electron chi connectivity index (χ0n) is 10.6. The fraction of sp³-hybridized carbons (Fsp3) is 0.417. The van der Waals surface area contributed by atoms with Crippen LogP contribution in [0.25, 0.3) is 11.4 Å². The van der Waals surface area contributed by atoms with E-state index in [0.29, 0.717) is 11.6 Å². The first-order chi connectivity index (χ1) is 8.50. The highest BCUT2D eigenvalue weighted by molar-refractivity contribution is 9.10. The number of nitrogens with zero attached hydrogens (tertiary/aromatic N) is 4. The Morgan fingerprint density at radius 1 is 1.28 bits per heavy atom. The average molecular weight is 310 g/mol. The van der Waals surface area contributed by atoms with Gasteiger partial charge in [-0.25, -0.2) is 4.68 Å². The van der Waals surface area contributed by atoms with E-state index in [-0.39, 0.29) is 6.04 Å². The molecule has 5 nitrogen and oxygen atoms in total. The molecule has 1 aromatic heterocycles. The Kier molecular flexibility index (Phi) is 3.65. The van der Waals surface area contributed by atoms with Crippen molar-refractivity contribution >= 4 is 21.6 Å². The van der Waals surface area contributed by atoms with Gasteiger partial charge in [0.15, 0.2) is 5.82 Å². The highest BCUT2D eigenvalue weighted by Gasteiger charge is 2.17. The molecule has 1 atom stereocenters. The maximum Gasteiger partial charge on any atom is 0.182 e. The van der Waals surface area contributed by atoms with Gasteiger partial charge in [-0.3, -0.25) is 0 Å². The molecule has 0 spiro atoms. The molecule has 1 heterocycles. The van der Waals surface area contributed by atoms with Gasteiger partial charge in [0.05, 0.1) is 6.04 Å². The summed E-state index contributed by atoms with van der Waals surface area (Å²) in [4.78, 5) is 0. The minimum atomic E-state index is 0.236. The number of halogens is 1. The minimum Gasteiger partial charge on any atom is -0.398 e. The predicted molar refractivity (Wildman–Crippen MR) is 74.9 cm³/mol. The molecule has 0 aliphatic heterocycles. The molecule has 1 aromatic carbocycles. The number of nitrogens with two attached hydrogens (primary N) is 1. The first kappa shape index (κ1) is 13.0. The molecule has 18 heavy (non-hydrogen) atoms. The van der Waals surface area contributed by atoms with Crippen molar-refractivity contribution in [3.8, 4) is 11.4 Å². The molecule has 1 unspecified atom stereocenters. The van der Waals surface area contributed by atoms with Crippen LogP contribution in [0.1, 0.15) is 26.8 Å². The lowest BCUT2D eigenvalue weighted by Crippen LogP contribution is -2.14. The normalized spacial score (nSPS) is 12.9. The van der Waals surface area contributed by atoms with Crippen LogP contribution in [0.5, 0.6) is 0 Å². The Morgan fingerprint density at radius 3 is 2.61 bits per heavy atom. The van der Waals surface area contributed by atoms with Gasteiger partial charge in [-0.1, -0.05) is 13.8 Å². The van der Waals surface area contributed by atoms with Crippen molar-refractivity contribution in [3.05, 3.63) is 22.7 Å². The van der Waals surface area contributed by atoms with Gasteiger partial charge in [0.25, 0.3) is 0 Å². The largest absolute Gasteiger partial charge is 0.398 e. The molecule has 0 aliphatic rings. The van der Waals surface area contributed by atoms with E-state index in [9.17, 15) is 0 Å². The van der Waals surface area contributed by atoms with Gasteiger partial charge >= 0.3 is 0 Å². The summed E-state index contributed by atoms with van der Waals surface area (Å²) in [6.45, 7) is 6.39. The van der Waals surface area contributed by atoms with E-state index in [1.165, 1.54) is 0 Å². The second-order valence-corrected chi connectivity index (χ2v) is 5.52. The SMILES string of the molecule is CC(C)C(C)n1nnnc1-c1ccc(Br)c(N)c1. The zero-order valence-corrected chi connectivity index (χ0v) is 12.2. The van der Waals surface area contributed by atoms with Gasteiger partial charge in [-0.2, -0.15) is 0 Å². The lowest BCUT2D eigenvalue weighted by atomic mass is 10.1. The molecule has 2 aromatic rings. The van der Waals surface area contributed by atoms with E-state index < -0.39 is 0 Å². The van der Waals surface area contributed by atoms with Crippen LogP contribution in [0.4, 0.5) is 5.69 Å². The number of hydrogen-bond acceptors (Lipinski definition) is 4. The topological polar surface area (TPSA) is 69.6 Å². The summed E-state index contributed by atoms with van der Waals surface area (Å²) in [7, 11) is 0. The van der Waals surface area contributed by atoms with Crippen LogP contribution in [0, 0.1) is 5.92 Å². The quantitative estimate of drug-likeness (QED) is 0.885. The van der Waals surface area contributed by atoms with Crippen molar-refractivity contribution in [3.63, 3.8) is 0 Å². The van der Waals surface area contributed by atoms with Crippen LogP contribution in [-0.2, 0) is 0 Å². The third-order valence-electron chi connectivity index (χ3n) is 3.10. The third-order valence-corrected chi connectivity index (χ3v) is 3.82. The molecule has 96 valence electrons. The minimum absolute atomic E-state index is 0.236. The van der Waals surface area contributed by atoms with Gasteiger partial charge in [0.1, 0.15) is 0 Å². The van der Waals surface area contributed by atoms with E-state index >= 15 is 0 Å². The average Bonchev–Trinajstić information content (AvgIpc) is 2.80. The number of tetrazole rings is 1. The monoisotopic (exact) mass is 309 g/mol. The molecule has 0 fully saturated rings. The number of rotatable bonds is 3. The van der Waals surface area contributed by atoms with E-state index in [1.807, 2.05) is 22.9 Å². The number of aromatic nitrogens is 4. The first-order valence-corrected chi connectivity index (χ1v) is 6.63. The molecule has 0 saturated heterocycles. The number of anilines is 1. The summed E-state index contributed by atoms with van der Waals surface area (Å²) >= 11 is 3.38. The van der Waals surface area contributed by atoms with E-state index in [4.69, 9.17) is 5.73 Å². The Morgan fingerprint density at radius 2 is 2.00 bits per heavy atom. The fourth-order valence-corrected chi connectivity index (χ4v) is 1.87. The molecular weight excluding hydrogens is 294 g/mol. The Balaban J connectivity index is 2.45. The summed E-state index contributed by atoms with van der Waals surface area (Å²) in [5.74, 6) is 1.20. The molecule has 0 bridgehead atoms. The lowest BCUT2D eigenvalue weighted by Gasteiger charge is -2.17.